The van der Waals surface area contributed by atoms with Crippen LogP contribution in [0.25, 0.3) is 0 Å². The van der Waals surface area contributed by atoms with E-state index in [0.717, 1.165) is 30.9 Å². The Hall–Kier alpha value is -1.16. The molecule has 0 atom stereocenters. The van der Waals surface area contributed by atoms with Gasteiger partial charge >= 0.3 is 0 Å². The van der Waals surface area contributed by atoms with Crippen LogP contribution in [-0.2, 0) is 4.79 Å². The van der Waals surface area contributed by atoms with Gasteiger partial charge < -0.3 is 10.2 Å². The number of carbonyl (C=O) groups excluding carboxylic acids is 1. The molecule has 0 aromatic heterocycles. The first kappa shape index (κ1) is 14.3. The Kier molecular flexibility index (Phi) is 4.40. The van der Waals surface area contributed by atoms with Gasteiger partial charge in [0.2, 0.25) is 5.91 Å². The van der Waals surface area contributed by atoms with Crippen LogP contribution in [-0.4, -0.2) is 29.5 Å². The maximum absolute atomic E-state index is 12.4. The highest BCUT2D eigenvalue weighted by Crippen LogP contribution is 2.30. The molecule has 19 heavy (non-hydrogen) atoms. The summed E-state index contributed by atoms with van der Waals surface area (Å²) < 4.78 is 0.124. The molecular formula is C15H22N2OS. The average Bonchev–Trinajstić information content (AvgIpc) is 2.57. The number of thioether (sulfide) groups is 1. The number of hydrogen-bond acceptors (Lipinski definition) is 3. The molecule has 2 rings (SSSR count). The molecule has 0 aliphatic carbocycles. The Morgan fingerprint density at radius 2 is 2.11 bits per heavy atom. The van der Waals surface area contributed by atoms with Gasteiger partial charge in [-0.3, -0.25) is 4.79 Å². The van der Waals surface area contributed by atoms with Crippen LogP contribution in [0.4, 0.5) is 11.4 Å². The minimum Gasteiger partial charge on any atom is -0.383 e. The third-order valence-electron chi connectivity index (χ3n) is 3.00. The number of rotatable bonds is 2. The smallest absolute Gasteiger partial charge is 0.237 e. The predicted molar refractivity (Wildman–Crippen MR) is 84.1 cm³/mol. The lowest BCUT2D eigenvalue weighted by Crippen LogP contribution is -2.34. The van der Waals surface area contributed by atoms with Crippen molar-refractivity contribution in [2.45, 2.75) is 31.9 Å². The number of hydrogen-bond donors (Lipinski definition) is 1. The number of carbonyl (C=O) groups is 1. The summed E-state index contributed by atoms with van der Waals surface area (Å²) in [5.41, 5.74) is 2.08. The monoisotopic (exact) mass is 278 g/mol. The molecule has 1 N–H and O–H groups in total. The van der Waals surface area contributed by atoms with Crippen LogP contribution in [0, 0.1) is 0 Å². The van der Waals surface area contributed by atoms with E-state index in [4.69, 9.17) is 0 Å². The molecule has 0 spiro atoms. The van der Waals surface area contributed by atoms with Crippen LogP contribution in [0.5, 0.6) is 0 Å². The topological polar surface area (TPSA) is 32.3 Å². The molecule has 1 aliphatic heterocycles. The van der Waals surface area contributed by atoms with Crippen molar-refractivity contribution in [3.05, 3.63) is 24.3 Å². The Morgan fingerprint density at radius 3 is 2.84 bits per heavy atom. The molecular weight excluding hydrogens is 256 g/mol. The van der Waals surface area contributed by atoms with E-state index in [0.29, 0.717) is 5.75 Å². The molecule has 104 valence electrons. The zero-order valence-corrected chi connectivity index (χ0v) is 12.7. The van der Waals surface area contributed by atoms with Crippen molar-refractivity contribution >= 4 is 29.0 Å². The van der Waals surface area contributed by atoms with Crippen LogP contribution in [0.15, 0.2) is 24.3 Å². The second-order valence-corrected chi connectivity index (χ2v) is 7.55. The largest absolute Gasteiger partial charge is 0.383 e. The highest BCUT2D eigenvalue weighted by molar-refractivity contribution is 8.01. The van der Waals surface area contributed by atoms with E-state index in [1.54, 1.807) is 11.8 Å². The van der Waals surface area contributed by atoms with Crippen molar-refractivity contribution in [3.63, 3.8) is 0 Å². The van der Waals surface area contributed by atoms with Crippen LogP contribution >= 0.6 is 11.8 Å². The second-order valence-electron chi connectivity index (χ2n) is 5.74. The fraction of sp³-hybridized carbons (Fsp3) is 0.533. The normalized spacial score (nSPS) is 15.4. The molecule has 0 saturated carbocycles. The van der Waals surface area contributed by atoms with Crippen molar-refractivity contribution in [3.8, 4) is 0 Å². The molecule has 0 fully saturated rings. The lowest BCUT2D eigenvalue weighted by Gasteiger charge is -2.24. The Balaban J connectivity index is 2.13. The molecule has 0 radical (unpaired) electrons. The highest BCUT2D eigenvalue weighted by Gasteiger charge is 2.22. The van der Waals surface area contributed by atoms with Crippen LogP contribution < -0.4 is 10.2 Å². The summed E-state index contributed by atoms with van der Waals surface area (Å²) in [7, 11) is 0. The van der Waals surface area contributed by atoms with E-state index in [9.17, 15) is 4.79 Å². The summed E-state index contributed by atoms with van der Waals surface area (Å²) in [5.74, 6) is 0.744. The first-order valence-corrected chi connectivity index (χ1v) is 7.73. The molecule has 0 unspecified atom stereocenters. The highest BCUT2D eigenvalue weighted by atomic mass is 32.2. The van der Waals surface area contributed by atoms with Crippen molar-refractivity contribution in [2.75, 3.05) is 29.1 Å². The first-order chi connectivity index (χ1) is 8.97. The summed E-state index contributed by atoms with van der Waals surface area (Å²) in [6, 6.07) is 8.05. The second kappa shape index (κ2) is 5.87. The summed E-state index contributed by atoms with van der Waals surface area (Å²) >= 11 is 1.71. The van der Waals surface area contributed by atoms with Crippen molar-refractivity contribution in [1.82, 2.24) is 0 Å². The standard InChI is InChI=1S/C15H22N2OS/c1-15(2,3)19-11-14(18)17-10-6-9-16-12-7-4-5-8-13(12)17/h4-5,7-8,16H,6,9-11H2,1-3H3. The summed E-state index contributed by atoms with van der Waals surface area (Å²) in [6.45, 7) is 8.15. The lowest BCUT2D eigenvalue weighted by molar-refractivity contribution is -0.116. The quantitative estimate of drug-likeness (QED) is 0.900. The Morgan fingerprint density at radius 1 is 1.37 bits per heavy atom. The zero-order chi connectivity index (χ0) is 13.9. The van der Waals surface area contributed by atoms with E-state index in [-0.39, 0.29) is 10.7 Å². The third kappa shape index (κ3) is 3.90. The number of anilines is 2. The fourth-order valence-electron chi connectivity index (χ4n) is 2.05. The van der Waals surface area contributed by atoms with Gasteiger partial charge in [-0.25, -0.2) is 0 Å². The molecule has 1 heterocycles. The van der Waals surface area contributed by atoms with Crippen LogP contribution in [0.3, 0.4) is 0 Å². The minimum absolute atomic E-state index is 0.124. The SMILES string of the molecule is CC(C)(C)SCC(=O)N1CCCNc2ccccc21. The van der Waals surface area contributed by atoms with Crippen LogP contribution in [0.1, 0.15) is 27.2 Å². The molecule has 0 bridgehead atoms. The van der Waals surface area contributed by atoms with E-state index in [1.165, 1.54) is 0 Å². The maximum Gasteiger partial charge on any atom is 0.237 e. The molecule has 4 heteroatoms. The maximum atomic E-state index is 12.4. The summed E-state index contributed by atoms with van der Waals surface area (Å²) in [6.07, 6.45) is 0.987. The third-order valence-corrected chi connectivity index (χ3v) is 4.26. The minimum atomic E-state index is 0.124. The van der Waals surface area contributed by atoms with Gasteiger partial charge in [-0.2, -0.15) is 0 Å². The van der Waals surface area contributed by atoms with Gasteiger partial charge in [-0.1, -0.05) is 32.9 Å². The summed E-state index contributed by atoms with van der Waals surface area (Å²) in [5, 5.41) is 3.38. The Bertz CT molecular complexity index is 454. The van der Waals surface area contributed by atoms with E-state index in [2.05, 4.69) is 26.1 Å². The molecule has 0 saturated heterocycles. The number of nitrogens with zero attached hydrogens (tertiary/aromatic N) is 1. The molecule has 1 aliphatic rings. The number of para-hydroxylation sites is 2. The number of benzene rings is 1. The summed E-state index contributed by atoms with van der Waals surface area (Å²) in [4.78, 5) is 14.4. The fourth-order valence-corrected chi connectivity index (χ4v) is 2.77. The number of fused-ring (bicyclic) bond motifs is 1. The van der Waals surface area contributed by atoms with E-state index < -0.39 is 0 Å². The lowest BCUT2D eigenvalue weighted by atomic mass is 10.2. The van der Waals surface area contributed by atoms with Gasteiger partial charge in [0.05, 0.1) is 17.1 Å². The van der Waals surface area contributed by atoms with Gasteiger partial charge in [-0.05, 0) is 18.6 Å². The van der Waals surface area contributed by atoms with Gasteiger partial charge in [0, 0.05) is 17.8 Å². The predicted octanol–water partition coefficient (Wildman–Crippen LogP) is 3.37. The van der Waals surface area contributed by atoms with Gasteiger partial charge in [0.1, 0.15) is 0 Å². The number of amides is 1. The van der Waals surface area contributed by atoms with Crippen molar-refractivity contribution in [2.24, 2.45) is 0 Å². The molecule has 1 amide bonds. The molecule has 1 aromatic rings. The number of nitrogens with one attached hydrogen (secondary N) is 1. The molecule has 1 aromatic carbocycles. The van der Waals surface area contributed by atoms with Crippen molar-refractivity contribution < 1.29 is 4.79 Å². The average molecular weight is 278 g/mol. The van der Waals surface area contributed by atoms with Gasteiger partial charge in [0.25, 0.3) is 0 Å². The van der Waals surface area contributed by atoms with Crippen molar-refractivity contribution in [1.29, 1.82) is 0 Å². The van der Waals surface area contributed by atoms with Gasteiger partial charge in [0.15, 0.2) is 0 Å². The first-order valence-electron chi connectivity index (χ1n) is 6.74. The van der Waals surface area contributed by atoms with Gasteiger partial charge in [-0.15, -0.1) is 11.8 Å². The zero-order valence-electron chi connectivity index (χ0n) is 11.9. The van der Waals surface area contributed by atoms with Crippen LogP contribution in [0.2, 0.25) is 0 Å². The van der Waals surface area contributed by atoms with E-state index >= 15 is 0 Å². The Labute approximate surface area is 119 Å². The molecule has 3 nitrogen and oxygen atoms in total. The van der Waals surface area contributed by atoms with E-state index in [1.807, 2.05) is 29.2 Å².